The number of amides is 2. The van der Waals surface area contributed by atoms with Crippen LogP contribution in [0.4, 0.5) is 4.79 Å². The molecule has 2 aliphatic heterocycles. The van der Waals surface area contributed by atoms with Gasteiger partial charge in [-0.3, -0.25) is 9.59 Å². The minimum atomic E-state index is -0.361. The highest BCUT2D eigenvalue weighted by Gasteiger charge is 2.34. The lowest BCUT2D eigenvalue weighted by Crippen LogP contribution is -2.44. The number of hydrogen-bond donors (Lipinski definition) is 2. The number of likely N-dealkylation sites (tertiary alicyclic amines) is 1. The molecule has 2 rings (SSSR count). The van der Waals surface area contributed by atoms with E-state index in [-0.39, 0.29) is 29.7 Å². The maximum absolute atomic E-state index is 11.9. The van der Waals surface area contributed by atoms with Gasteiger partial charge in [-0.05, 0) is 6.42 Å². The van der Waals surface area contributed by atoms with E-state index in [2.05, 4.69) is 5.32 Å². The van der Waals surface area contributed by atoms with Crippen LogP contribution >= 0.6 is 11.8 Å². The van der Waals surface area contributed by atoms with E-state index in [0.29, 0.717) is 18.8 Å². The van der Waals surface area contributed by atoms with Gasteiger partial charge >= 0.3 is 0 Å². The van der Waals surface area contributed by atoms with Crippen LogP contribution in [0.5, 0.6) is 0 Å². The van der Waals surface area contributed by atoms with Gasteiger partial charge in [-0.1, -0.05) is 11.8 Å². The Morgan fingerprint density at radius 2 is 2.47 bits per heavy atom. The van der Waals surface area contributed by atoms with Crippen LogP contribution in [0.3, 0.4) is 0 Å². The maximum Gasteiger partial charge on any atom is 0.279 e. The van der Waals surface area contributed by atoms with E-state index < -0.39 is 0 Å². The van der Waals surface area contributed by atoms with E-state index in [1.54, 1.807) is 4.90 Å². The second-order valence-electron chi connectivity index (χ2n) is 3.92. The first-order chi connectivity index (χ1) is 7.20. The van der Waals surface area contributed by atoms with Gasteiger partial charge in [0.2, 0.25) is 5.91 Å². The third-order valence-corrected chi connectivity index (χ3v) is 3.71. The molecule has 2 aliphatic rings. The summed E-state index contributed by atoms with van der Waals surface area (Å²) in [6.07, 6.45) is 0.857. The van der Waals surface area contributed by atoms with Crippen LogP contribution in [0.15, 0.2) is 0 Å². The van der Waals surface area contributed by atoms with Crippen molar-refractivity contribution >= 4 is 22.9 Å². The highest BCUT2D eigenvalue weighted by molar-refractivity contribution is 8.14. The van der Waals surface area contributed by atoms with Gasteiger partial charge in [-0.15, -0.1) is 0 Å². The molecule has 2 N–H and O–H groups in total. The molecule has 0 aliphatic carbocycles. The summed E-state index contributed by atoms with van der Waals surface area (Å²) in [5.74, 6) is 0.723. The molecule has 15 heavy (non-hydrogen) atoms. The number of aliphatic hydroxyl groups is 1. The summed E-state index contributed by atoms with van der Waals surface area (Å²) in [5, 5.41) is 11.5. The Morgan fingerprint density at radius 1 is 1.67 bits per heavy atom. The lowest BCUT2D eigenvalue weighted by Gasteiger charge is -2.19. The largest absolute Gasteiger partial charge is 0.396 e. The minimum absolute atomic E-state index is 0.00991. The van der Waals surface area contributed by atoms with Crippen molar-refractivity contribution in [3.63, 3.8) is 0 Å². The van der Waals surface area contributed by atoms with Gasteiger partial charge in [0.25, 0.3) is 5.24 Å². The van der Waals surface area contributed by atoms with Crippen LogP contribution in [0.25, 0.3) is 0 Å². The Morgan fingerprint density at radius 3 is 3.00 bits per heavy atom. The highest BCUT2D eigenvalue weighted by Crippen LogP contribution is 2.20. The molecule has 0 aromatic carbocycles. The number of carbonyl (C=O) groups is 2. The van der Waals surface area contributed by atoms with Crippen molar-refractivity contribution in [2.45, 2.75) is 12.5 Å². The third kappa shape index (κ3) is 2.26. The molecule has 0 spiro atoms. The summed E-state index contributed by atoms with van der Waals surface area (Å²) >= 11 is 1.15. The van der Waals surface area contributed by atoms with Gasteiger partial charge in [0.1, 0.15) is 6.04 Å². The highest BCUT2D eigenvalue weighted by atomic mass is 32.2. The fraction of sp³-hybridized carbons (Fsp3) is 0.778. The van der Waals surface area contributed by atoms with E-state index in [1.807, 2.05) is 0 Å². The lowest BCUT2D eigenvalue weighted by atomic mass is 10.1. The van der Waals surface area contributed by atoms with Crippen molar-refractivity contribution in [2.24, 2.45) is 5.92 Å². The van der Waals surface area contributed by atoms with E-state index in [9.17, 15) is 9.59 Å². The Bertz CT molecular complexity index is 285. The topological polar surface area (TPSA) is 69.6 Å². The SMILES string of the molecule is O=C1NC(C(=O)N2CCC(CO)C2)CS1. The second kappa shape index (κ2) is 4.40. The zero-order valence-electron chi connectivity index (χ0n) is 8.31. The van der Waals surface area contributed by atoms with Crippen LogP contribution in [0, 0.1) is 5.92 Å². The predicted molar refractivity (Wildman–Crippen MR) is 56.6 cm³/mol. The van der Waals surface area contributed by atoms with E-state index in [0.717, 1.165) is 18.2 Å². The molecule has 0 saturated carbocycles. The molecule has 2 fully saturated rings. The molecule has 2 heterocycles. The van der Waals surface area contributed by atoms with Gasteiger partial charge < -0.3 is 15.3 Å². The minimum Gasteiger partial charge on any atom is -0.396 e. The summed E-state index contributed by atoms with van der Waals surface area (Å²) in [6, 6.07) is -0.361. The smallest absolute Gasteiger partial charge is 0.279 e. The zero-order chi connectivity index (χ0) is 10.8. The number of nitrogens with zero attached hydrogens (tertiary/aromatic N) is 1. The number of hydrogen-bond acceptors (Lipinski definition) is 4. The zero-order valence-corrected chi connectivity index (χ0v) is 9.13. The Kier molecular flexibility index (Phi) is 3.16. The Labute approximate surface area is 92.2 Å². The van der Waals surface area contributed by atoms with Crippen LogP contribution in [-0.4, -0.2) is 52.6 Å². The average molecular weight is 230 g/mol. The van der Waals surface area contributed by atoms with Gasteiger partial charge in [0.05, 0.1) is 0 Å². The second-order valence-corrected chi connectivity index (χ2v) is 4.91. The maximum atomic E-state index is 11.9. The molecule has 0 aromatic rings. The molecule has 2 unspecified atom stereocenters. The molecule has 0 radical (unpaired) electrons. The van der Waals surface area contributed by atoms with Crippen LogP contribution in [0.2, 0.25) is 0 Å². The fourth-order valence-corrected chi connectivity index (χ4v) is 2.69. The van der Waals surface area contributed by atoms with E-state index in [1.165, 1.54) is 0 Å². The Balaban J connectivity index is 1.89. The molecular formula is C9H14N2O3S. The first kappa shape index (κ1) is 10.8. The normalized spacial score (nSPS) is 30.7. The summed E-state index contributed by atoms with van der Waals surface area (Å²) in [5.41, 5.74) is 0. The summed E-state index contributed by atoms with van der Waals surface area (Å²) in [7, 11) is 0. The summed E-state index contributed by atoms with van der Waals surface area (Å²) in [4.78, 5) is 24.5. The van der Waals surface area contributed by atoms with Crippen molar-refractivity contribution in [1.29, 1.82) is 0 Å². The molecule has 5 nitrogen and oxygen atoms in total. The number of rotatable bonds is 2. The molecule has 84 valence electrons. The van der Waals surface area contributed by atoms with Gasteiger partial charge in [-0.25, -0.2) is 0 Å². The Hall–Kier alpha value is -0.750. The van der Waals surface area contributed by atoms with E-state index >= 15 is 0 Å². The summed E-state index contributed by atoms with van der Waals surface area (Å²) < 4.78 is 0. The summed E-state index contributed by atoms with van der Waals surface area (Å²) in [6.45, 7) is 1.45. The van der Waals surface area contributed by atoms with Gasteiger partial charge in [-0.2, -0.15) is 0 Å². The lowest BCUT2D eigenvalue weighted by molar-refractivity contribution is -0.131. The quantitative estimate of drug-likeness (QED) is 0.680. The van der Waals surface area contributed by atoms with Crippen LogP contribution < -0.4 is 5.32 Å². The third-order valence-electron chi connectivity index (χ3n) is 2.83. The molecule has 2 amide bonds. The molecular weight excluding hydrogens is 216 g/mol. The van der Waals surface area contributed by atoms with Crippen LogP contribution in [0.1, 0.15) is 6.42 Å². The first-order valence-electron chi connectivity index (χ1n) is 5.03. The molecule has 0 bridgehead atoms. The number of aliphatic hydroxyl groups excluding tert-OH is 1. The predicted octanol–water partition coefficient (Wildman–Crippen LogP) is -0.348. The molecule has 0 aromatic heterocycles. The molecule has 6 heteroatoms. The van der Waals surface area contributed by atoms with Crippen molar-refractivity contribution in [2.75, 3.05) is 25.4 Å². The number of carbonyl (C=O) groups excluding carboxylic acids is 2. The standard InChI is InChI=1S/C9H14N2O3S/c12-4-6-1-2-11(3-6)8(13)7-5-15-9(14)10-7/h6-7,12H,1-5H2,(H,10,14). The first-order valence-corrected chi connectivity index (χ1v) is 6.02. The van der Waals surface area contributed by atoms with Crippen molar-refractivity contribution in [1.82, 2.24) is 10.2 Å². The van der Waals surface area contributed by atoms with Crippen molar-refractivity contribution in [3.8, 4) is 0 Å². The van der Waals surface area contributed by atoms with E-state index in [4.69, 9.17) is 5.11 Å². The monoisotopic (exact) mass is 230 g/mol. The number of thioether (sulfide) groups is 1. The number of nitrogens with one attached hydrogen (secondary N) is 1. The van der Waals surface area contributed by atoms with Gasteiger partial charge in [0.15, 0.2) is 0 Å². The van der Waals surface area contributed by atoms with Gasteiger partial charge in [0, 0.05) is 31.4 Å². The van der Waals surface area contributed by atoms with Crippen molar-refractivity contribution < 1.29 is 14.7 Å². The average Bonchev–Trinajstić information content (AvgIpc) is 2.84. The molecule has 2 saturated heterocycles. The van der Waals surface area contributed by atoms with Crippen molar-refractivity contribution in [3.05, 3.63) is 0 Å². The fourth-order valence-electron chi connectivity index (χ4n) is 1.92. The molecule has 2 atom stereocenters. The van der Waals surface area contributed by atoms with Crippen LogP contribution in [-0.2, 0) is 4.79 Å².